The molecule has 0 radical (unpaired) electrons. The highest BCUT2D eigenvalue weighted by atomic mass is 16.5. The van der Waals surface area contributed by atoms with Crippen molar-refractivity contribution in [1.29, 1.82) is 0 Å². The molecule has 110 valence electrons. The number of nitrogens with zero attached hydrogens (tertiary/aromatic N) is 1. The lowest BCUT2D eigenvalue weighted by Crippen LogP contribution is -2.39. The third-order valence-electron chi connectivity index (χ3n) is 4.32. The molecule has 0 saturated carbocycles. The van der Waals surface area contributed by atoms with Gasteiger partial charge in [0.1, 0.15) is 0 Å². The summed E-state index contributed by atoms with van der Waals surface area (Å²) in [5, 5.41) is 2.17. The van der Waals surface area contributed by atoms with Gasteiger partial charge in [0.05, 0.1) is 0 Å². The number of carbonyl (C=O) groups excluding carboxylic acids is 1. The Morgan fingerprint density at radius 3 is 2.62 bits per heavy atom. The van der Waals surface area contributed by atoms with E-state index in [1.165, 1.54) is 0 Å². The van der Waals surface area contributed by atoms with Crippen molar-refractivity contribution in [2.75, 3.05) is 26.8 Å². The lowest BCUT2D eigenvalue weighted by molar-refractivity contribution is 0.0615. The van der Waals surface area contributed by atoms with E-state index in [-0.39, 0.29) is 5.91 Å². The predicted octanol–water partition coefficient (Wildman–Crippen LogP) is 3.34. The largest absolute Gasteiger partial charge is 0.384 e. The van der Waals surface area contributed by atoms with Crippen molar-refractivity contribution in [2.24, 2.45) is 5.92 Å². The lowest BCUT2D eigenvalue weighted by atomic mass is 9.96. The van der Waals surface area contributed by atoms with E-state index < -0.39 is 0 Å². The van der Waals surface area contributed by atoms with Crippen LogP contribution >= 0.6 is 0 Å². The Kier molecular flexibility index (Phi) is 4.20. The Bertz CT molecular complexity index is 625. The van der Waals surface area contributed by atoms with Gasteiger partial charge in [0.15, 0.2) is 0 Å². The molecule has 0 atom stereocenters. The number of benzene rings is 2. The Morgan fingerprint density at radius 2 is 1.86 bits per heavy atom. The molecule has 1 heterocycles. The van der Waals surface area contributed by atoms with Gasteiger partial charge in [-0.25, -0.2) is 0 Å². The fraction of sp³-hybridized carbons (Fsp3) is 0.389. The molecule has 3 rings (SSSR count). The van der Waals surface area contributed by atoms with Crippen LogP contribution in [0.3, 0.4) is 0 Å². The van der Waals surface area contributed by atoms with Crippen LogP contribution in [0.4, 0.5) is 0 Å². The molecule has 2 aromatic carbocycles. The highest BCUT2D eigenvalue weighted by Gasteiger charge is 2.24. The molecule has 21 heavy (non-hydrogen) atoms. The van der Waals surface area contributed by atoms with Gasteiger partial charge in [0, 0.05) is 32.4 Å². The minimum Gasteiger partial charge on any atom is -0.384 e. The second kappa shape index (κ2) is 6.27. The highest BCUT2D eigenvalue weighted by Crippen LogP contribution is 2.23. The van der Waals surface area contributed by atoms with Crippen LogP contribution < -0.4 is 0 Å². The van der Waals surface area contributed by atoms with Gasteiger partial charge < -0.3 is 9.64 Å². The van der Waals surface area contributed by atoms with Crippen molar-refractivity contribution in [3.8, 4) is 0 Å². The van der Waals surface area contributed by atoms with E-state index in [9.17, 15) is 4.79 Å². The number of methoxy groups -OCH3 is 1. The summed E-state index contributed by atoms with van der Waals surface area (Å²) < 4.78 is 5.22. The fourth-order valence-electron chi connectivity index (χ4n) is 3.12. The SMILES string of the molecule is COCC1CCN(C(=O)c2cccc3ccccc23)CC1. The Balaban J connectivity index is 1.79. The van der Waals surface area contributed by atoms with E-state index in [0.29, 0.717) is 5.92 Å². The number of fused-ring (bicyclic) bond motifs is 1. The lowest BCUT2D eigenvalue weighted by Gasteiger charge is -2.32. The maximum atomic E-state index is 12.8. The van der Waals surface area contributed by atoms with Crippen LogP contribution in [0, 0.1) is 5.92 Å². The van der Waals surface area contributed by atoms with Gasteiger partial charge in [0.2, 0.25) is 0 Å². The summed E-state index contributed by atoms with van der Waals surface area (Å²) in [7, 11) is 1.74. The summed E-state index contributed by atoms with van der Waals surface area (Å²) in [5.41, 5.74) is 0.818. The van der Waals surface area contributed by atoms with Crippen LogP contribution in [-0.4, -0.2) is 37.6 Å². The first-order valence-corrected chi connectivity index (χ1v) is 7.55. The van der Waals surface area contributed by atoms with E-state index in [2.05, 4.69) is 12.1 Å². The van der Waals surface area contributed by atoms with Crippen molar-refractivity contribution in [3.63, 3.8) is 0 Å². The molecule has 1 aliphatic heterocycles. The fourth-order valence-corrected chi connectivity index (χ4v) is 3.12. The summed E-state index contributed by atoms with van der Waals surface area (Å²) in [6.07, 6.45) is 2.06. The molecule has 0 aromatic heterocycles. The molecule has 3 nitrogen and oxygen atoms in total. The van der Waals surface area contributed by atoms with Crippen molar-refractivity contribution >= 4 is 16.7 Å². The smallest absolute Gasteiger partial charge is 0.254 e. The Hall–Kier alpha value is -1.87. The van der Waals surface area contributed by atoms with E-state index in [1.54, 1.807) is 7.11 Å². The number of rotatable bonds is 3. The highest BCUT2D eigenvalue weighted by molar-refractivity contribution is 6.07. The zero-order valence-electron chi connectivity index (χ0n) is 12.4. The number of likely N-dealkylation sites (tertiary alicyclic amines) is 1. The Labute approximate surface area is 125 Å². The van der Waals surface area contributed by atoms with Crippen LogP contribution in [0.2, 0.25) is 0 Å². The molecule has 1 fully saturated rings. The molecule has 1 saturated heterocycles. The number of amides is 1. The maximum Gasteiger partial charge on any atom is 0.254 e. The number of carbonyl (C=O) groups is 1. The first kappa shape index (κ1) is 14.1. The summed E-state index contributed by atoms with van der Waals surface area (Å²) in [4.78, 5) is 14.8. The van der Waals surface area contributed by atoms with Crippen LogP contribution in [0.1, 0.15) is 23.2 Å². The monoisotopic (exact) mass is 283 g/mol. The molecule has 0 N–H and O–H groups in total. The number of hydrogen-bond donors (Lipinski definition) is 0. The van der Waals surface area contributed by atoms with E-state index in [1.807, 2.05) is 35.2 Å². The van der Waals surface area contributed by atoms with Crippen LogP contribution in [0.15, 0.2) is 42.5 Å². The minimum absolute atomic E-state index is 0.155. The van der Waals surface area contributed by atoms with Gasteiger partial charge >= 0.3 is 0 Å². The minimum atomic E-state index is 0.155. The molecule has 0 aliphatic carbocycles. The van der Waals surface area contributed by atoms with Gasteiger partial charge in [-0.2, -0.15) is 0 Å². The molecular formula is C18H21NO2. The Morgan fingerprint density at radius 1 is 1.14 bits per heavy atom. The standard InChI is InChI=1S/C18H21NO2/c1-21-13-14-9-11-19(12-10-14)18(20)17-8-4-6-15-5-2-3-7-16(15)17/h2-8,14H,9-13H2,1H3. The topological polar surface area (TPSA) is 29.5 Å². The van der Waals surface area contributed by atoms with Gasteiger partial charge in [-0.15, -0.1) is 0 Å². The second-order valence-electron chi connectivity index (χ2n) is 5.72. The van der Waals surface area contributed by atoms with Crippen molar-refractivity contribution < 1.29 is 9.53 Å². The second-order valence-corrected chi connectivity index (χ2v) is 5.72. The van der Waals surface area contributed by atoms with Crippen LogP contribution in [-0.2, 0) is 4.74 Å². The summed E-state index contributed by atoms with van der Waals surface area (Å²) in [5.74, 6) is 0.745. The summed E-state index contributed by atoms with van der Waals surface area (Å²) in [6.45, 7) is 2.46. The number of piperidine rings is 1. The maximum absolute atomic E-state index is 12.8. The van der Waals surface area contributed by atoms with Gasteiger partial charge in [0.25, 0.3) is 5.91 Å². The average molecular weight is 283 g/mol. The zero-order valence-corrected chi connectivity index (χ0v) is 12.4. The third-order valence-corrected chi connectivity index (χ3v) is 4.32. The number of ether oxygens (including phenoxy) is 1. The van der Waals surface area contributed by atoms with E-state index in [4.69, 9.17) is 4.74 Å². The van der Waals surface area contributed by atoms with E-state index in [0.717, 1.165) is 48.9 Å². The quantitative estimate of drug-likeness (QED) is 0.864. The number of hydrogen-bond acceptors (Lipinski definition) is 2. The van der Waals surface area contributed by atoms with Crippen molar-refractivity contribution in [2.45, 2.75) is 12.8 Å². The normalized spacial score (nSPS) is 16.3. The van der Waals surface area contributed by atoms with E-state index >= 15 is 0 Å². The summed E-state index contributed by atoms with van der Waals surface area (Å²) in [6, 6.07) is 14.0. The molecule has 2 aromatic rings. The third kappa shape index (κ3) is 2.93. The predicted molar refractivity (Wildman–Crippen MR) is 84.5 cm³/mol. The van der Waals surface area contributed by atoms with Gasteiger partial charge in [-0.3, -0.25) is 4.79 Å². The van der Waals surface area contributed by atoms with Crippen molar-refractivity contribution in [1.82, 2.24) is 4.90 Å². The van der Waals surface area contributed by atoms with Gasteiger partial charge in [-0.1, -0.05) is 36.4 Å². The molecule has 1 aliphatic rings. The van der Waals surface area contributed by atoms with Crippen LogP contribution in [0.5, 0.6) is 0 Å². The summed E-state index contributed by atoms with van der Waals surface area (Å²) >= 11 is 0. The first-order valence-electron chi connectivity index (χ1n) is 7.55. The van der Waals surface area contributed by atoms with Crippen LogP contribution in [0.25, 0.3) is 10.8 Å². The molecule has 3 heteroatoms. The molecule has 0 bridgehead atoms. The average Bonchev–Trinajstić information content (AvgIpc) is 2.55. The zero-order chi connectivity index (χ0) is 14.7. The molecular weight excluding hydrogens is 262 g/mol. The first-order chi connectivity index (χ1) is 10.3. The van der Waals surface area contributed by atoms with Crippen molar-refractivity contribution in [3.05, 3.63) is 48.0 Å². The molecule has 0 spiro atoms. The van der Waals surface area contributed by atoms with Gasteiger partial charge in [-0.05, 0) is 35.6 Å². The molecule has 1 amide bonds. The molecule has 0 unspecified atom stereocenters.